The number of hydrogen-bond donors (Lipinski definition) is 2. The van der Waals surface area contributed by atoms with Crippen LogP contribution in [0.2, 0.25) is 0 Å². The Balaban J connectivity index is 2.44. The number of carboxylic acids is 1. The molecule has 1 aliphatic rings. The van der Waals surface area contributed by atoms with Gasteiger partial charge in [0.25, 0.3) is 5.92 Å². The van der Waals surface area contributed by atoms with Crippen LogP contribution in [0.4, 0.5) is 8.78 Å². The number of aliphatic hydroxyl groups is 1. The highest BCUT2D eigenvalue weighted by Gasteiger charge is 2.42. The zero-order chi connectivity index (χ0) is 21.2. The minimum atomic E-state index is -2.82. The van der Waals surface area contributed by atoms with Gasteiger partial charge in [0, 0.05) is 20.0 Å². The minimum Gasteiger partial charge on any atom is -0.481 e. The van der Waals surface area contributed by atoms with Crippen molar-refractivity contribution < 1.29 is 28.5 Å². The summed E-state index contributed by atoms with van der Waals surface area (Å²) in [6, 6.07) is 0. The van der Waals surface area contributed by atoms with Crippen LogP contribution in [0.1, 0.15) is 90.9 Å². The van der Waals surface area contributed by atoms with Gasteiger partial charge in [0.15, 0.2) is 0 Å². The summed E-state index contributed by atoms with van der Waals surface area (Å²) < 4.78 is 34.2. The summed E-state index contributed by atoms with van der Waals surface area (Å²) in [5.74, 6) is -3.17. The molecule has 0 aromatic carbocycles. The fourth-order valence-electron chi connectivity index (χ4n) is 4.53. The molecule has 3 unspecified atom stereocenters. The predicted octanol–water partition coefficient (Wildman–Crippen LogP) is 5.67. The second-order valence-electron chi connectivity index (χ2n) is 8.70. The first-order valence-electron chi connectivity index (χ1n) is 11.0. The van der Waals surface area contributed by atoms with Crippen LogP contribution in [0.5, 0.6) is 0 Å². The number of aliphatic hydroxyl groups excluding tert-OH is 1. The second kappa shape index (κ2) is 12.7. The summed E-state index contributed by atoms with van der Waals surface area (Å²) in [4.78, 5) is 10.5. The molecule has 5 atom stereocenters. The van der Waals surface area contributed by atoms with Crippen LogP contribution >= 0.6 is 0 Å². The van der Waals surface area contributed by atoms with Crippen LogP contribution in [-0.4, -0.2) is 41.4 Å². The highest BCUT2D eigenvalue weighted by atomic mass is 19.3. The molecule has 0 aromatic heterocycles. The molecule has 28 heavy (non-hydrogen) atoms. The number of carbonyl (C=O) groups is 1. The Morgan fingerprint density at radius 2 is 1.86 bits per heavy atom. The molecule has 0 saturated heterocycles. The number of unbranched alkanes of at least 4 members (excludes halogenated alkanes) is 3. The van der Waals surface area contributed by atoms with Gasteiger partial charge < -0.3 is 14.9 Å². The molecule has 0 radical (unpaired) electrons. The average molecular weight is 407 g/mol. The van der Waals surface area contributed by atoms with Crippen LogP contribution in [0.25, 0.3) is 0 Å². The van der Waals surface area contributed by atoms with Crippen LogP contribution in [0.3, 0.4) is 0 Å². The molecule has 1 saturated carbocycles. The standard InChI is InChI=1S/C22H40F2O4/c1-4-16(2)15-22(23,24)20(28-3)14-12-17-11-13-19(25)18(17)9-7-5-6-8-10-21(26)27/h16-20,25H,4-15H2,1-3H3,(H,26,27)/t16-,17+,18?,19?,20?/m0/s1. The average Bonchev–Trinajstić information content (AvgIpc) is 2.97. The van der Waals surface area contributed by atoms with E-state index in [0.717, 1.165) is 44.9 Å². The number of carboxylic acid groups (broad SMARTS) is 1. The molecule has 0 spiro atoms. The van der Waals surface area contributed by atoms with Crippen molar-refractivity contribution in [3.63, 3.8) is 0 Å². The van der Waals surface area contributed by atoms with E-state index >= 15 is 0 Å². The first-order chi connectivity index (χ1) is 13.2. The molecule has 0 aromatic rings. The van der Waals surface area contributed by atoms with E-state index < -0.39 is 18.0 Å². The van der Waals surface area contributed by atoms with Gasteiger partial charge in [0.2, 0.25) is 0 Å². The van der Waals surface area contributed by atoms with Gasteiger partial charge in [-0.25, -0.2) is 8.78 Å². The Bertz CT molecular complexity index is 444. The van der Waals surface area contributed by atoms with Gasteiger partial charge in [-0.05, 0) is 56.3 Å². The molecule has 6 heteroatoms. The monoisotopic (exact) mass is 406 g/mol. The van der Waals surface area contributed by atoms with E-state index in [2.05, 4.69) is 0 Å². The van der Waals surface area contributed by atoms with Gasteiger partial charge in [-0.1, -0.05) is 39.5 Å². The smallest absolute Gasteiger partial charge is 0.303 e. The zero-order valence-corrected chi connectivity index (χ0v) is 17.8. The van der Waals surface area contributed by atoms with Crippen molar-refractivity contribution in [1.29, 1.82) is 0 Å². The van der Waals surface area contributed by atoms with Gasteiger partial charge in [-0.2, -0.15) is 0 Å². The van der Waals surface area contributed by atoms with E-state index in [1.165, 1.54) is 7.11 Å². The molecule has 0 heterocycles. The van der Waals surface area contributed by atoms with E-state index in [-0.39, 0.29) is 36.7 Å². The van der Waals surface area contributed by atoms with Crippen molar-refractivity contribution in [3.8, 4) is 0 Å². The number of methoxy groups -OCH3 is 1. The van der Waals surface area contributed by atoms with Crippen molar-refractivity contribution in [1.82, 2.24) is 0 Å². The van der Waals surface area contributed by atoms with Crippen LogP contribution in [-0.2, 0) is 9.53 Å². The molecule has 1 rings (SSSR count). The fraction of sp³-hybridized carbons (Fsp3) is 0.955. The first-order valence-corrected chi connectivity index (χ1v) is 11.0. The molecule has 2 N–H and O–H groups in total. The molecular formula is C22H40F2O4. The number of hydrogen-bond acceptors (Lipinski definition) is 3. The Kier molecular flexibility index (Phi) is 11.5. The van der Waals surface area contributed by atoms with Gasteiger partial charge in [0.05, 0.1) is 6.10 Å². The lowest BCUT2D eigenvalue weighted by atomic mass is 9.84. The Labute approximate surface area is 169 Å². The third kappa shape index (κ3) is 8.73. The quantitative estimate of drug-likeness (QED) is 0.344. The largest absolute Gasteiger partial charge is 0.481 e. The summed E-state index contributed by atoms with van der Waals surface area (Å²) >= 11 is 0. The minimum absolute atomic E-state index is 0.0326. The predicted molar refractivity (Wildman–Crippen MR) is 107 cm³/mol. The van der Waals surface area contributed by atoms with E-state index in [1.807, 2.05) is 13.8 Å². The summed E-state index contributed by atoms with van der Waals surface area (Å²) in [5, 5.41) is 19.0. The molecule has 0 aliphatic heterocycles. The van der Waals surface area contributed by atoms with Crippen LogP contribution in [0.15, 0.2) is 0 Å². The molecule has 1 fully saturated rings. The van der Waals surface area contributed by atoms with Gasteiger partial charge in [-0.3, -0.25) is 4.79 Å². The maximum absolute atomic E-state index is 14.5. The zero-order valence-electron chi connectivity index (χ0n) is 17.8. The van der Waals surface area contributed by atoms with Crippen molar-refractivity contribution in [2.24, 2.45) is 17.8 Å². The maximum atomic E-state index is 14.5. The Hall–Kier alpha value is -0.750. The molecule has 0 bridgehead atoms. The molecular weight excluding hydrogens is 366 g/mol. The first kappa shape index (κ1) is 25.3. The van der Waals surface area contributed by atoms with E-state index in [9.17, 15) is 18.7 Å². The van der Waals surface area contributed by atoms with Crippen molar-refractivity contribution >= 4 is 5.97 Å². The molecule has 0 amide bonds. The van der Waals surface area contributed by atoms with E-state index in [4.69, 9.17) is 9.84 Å². The van der Waals surface area contributed by atoms with Crippen molar-refractivity contribution in [3.05, 3.63) is 0 Å². The lowest BCUT2D eigenvalue weighted by Gasteiger charge is -2.30. The number of aliphatic carboxylic acids is 1. The Morgan fingerprint density at radius 3 is 2.46 bits per heavy atom. The third-order valence-corrected chi connectivity index (χ3v) is 6.48. The summed E-state index contributed by atoms with van der Waals surface area (Å²) in [6.07, 6.45) is 6.38. The highest BCUT2D eigenvalue weighted by Crippen LogP contribution is 2.40. The number of ether oxygens (including phenoxy) is 1. The Morgan fingerprint density at radius 1 is 1.18 bits per heavy atom. The van der Waals surface area contributed by atoms with E-state index in [0.29, 0.717) is 19.3 Å². The van der Waals surface area contributed by atoms with E-state index in [1.54, 1.807) is 0 Å². The highest BCUT2D eigenvalue weighted by molar-refractivity contribution is 5.66. The van der Waals surface area contributed by atoms with Crippen molar-refractivity contribution in [2.45, 2.75) is 109 Å². The number of halogens is 2. The SMILES string of the molecule is CC[C@H](C)CC(F)(F)C(CC[C@H]1CCC(O)C1CCCCCCC(=O)O)OC. The van der Waals surface area contributed by atoms with Gasteiger partial charge in [-0.15, -0.1) is 0 Å². The van der Waals surface area contributed by atoms with Crippen LogP contribution in [0, 0.1) is 17.8 Å². The van der Waals surface area contributed by atoms with Crippen LogP contribution < -0.4 is 0 Å². The summed E-state index contributed by atoms with van der Waals surface area (Å²) in [6.45, 7) is 3.77. The number of rotatable bonds is 15. The second-order valence-corrected chi connectivity index (χ2v) is 8.70. The fourth-order valence-corrected chi connectivity index (χ4v) is 4.53. The lowest BCUT2D eigenvalue weighted by molar-refractivity contribution is -0.140. The summed E-state index contributed by atoms with van der Waals surface area (Å²) in [5.41, 5.74) is 0. The van der Waals surface area contributed by atoms with Gasteiger partial charge >= 0.3 is 5.97 Å². The van der Waals surface area contributed by atoms with Gasteiger partial charge in [0.1, 0.15) is 6.10 Å². The lowest BCUT2D eigenvalue weighted by Crippen LogP contribution is -2.37. The maximum Gasteiger partial charge on any atom is 0.303 e. The topological polar surface area (TPSA) is 66.8 Å². The van der Waals surface area contributed by atoms with Crippen molar-refractivity contribution in [2.75, 3.05) is 7.11 Å². The summed E-state index contributed by atoms with van der Waals surface area (Å²) in [7, 11) is 1.37. The third-order valence-electron chi connectivity index (χ3n) is 6.48. The normalized spacial score (nSPS) is 25.0. The molecule has 1 aliphatic carbocycles. The number of alkyl halides is 2. The molecule has 4 nitrogen and oxygen atoms in total. The molecule has 166 valence electrons.